The molecule has 0 bridgehead atoms. The number of nitrogens with one attached hydrogen (secondary N) is 1. The van der Waals surface area contributed by atoms with Crippen molar-refractivity contribution in [3.8, 4) is 0 Å². The Hall–Kier alpha value is -1.55. The van der Waals surface area contributed by atoms with Gasteiger partial charge >= 0.3 is 6.03 Å². The van der Waals surface area contributed by atoms with Gasteiger partial charge in [0.15, 0.2) is 0 Å². The zero-order valence-electron chi connectivity index (χ0n) is 15.0. The number of hydrogen-bond acceptors (Lipinski definition) is 2. The van der Waals surface area contributed by atoms with Crippen LogP contribution in [-0.2, 0) is 11.2 Å². The van der Waals surface area contributed by atoms with E-state index in [2.05, 4.69) is 43.4 Å². The number of rotatable bonds is 6. The number of urea groups is 1. The molecule has 0 radical (unpaired) electrons. The van der Waals surface area contributed by atoms with E-state index in [9.17, 15) is 4.79 Å². The summed E-state index contributed by atoms with van der Waals surface area (Å²) >= 11 is 0. The molecular weight excluding hydrogens is 300 g/mol. The average molecular weight is 330 g/mol. The lowest BCUT2D eigenvalue weighted by Gasteiger charge is -2.40. The second kappa shape index (κ2) is 8.02. The monoisotopic (exact) mass is 330 g/mol. The smallest absolute Gasteiger partial charge is 0.317 e. The average Bonchev–Trinajstić information content (AvgIpc) is 3.03. The molecule has 1 aromatic rings. The van der Waals surface area contributed by atoms with E-state index in [1.165, 1.54) is 24.0 Å². The van der Waals surface area contributed by atoms with E-state index in [4.69, 9.17) is 4.74 Å². The quantitative estimate of drug-likeness (QED) is 0.867. The van der Waals surface area contributed by atoms with Gasteiger partial charge < -0.3 is 15.0 Å². The third-order valence-corrected chi connectivity index (χ3v) is 5.33. The molecule has 0 aliphatic carbocycles. The molecule has 4 nitrogen and oxygen atoms in total. The zero-order valence-corrected chi connectivity index (χ0v) is 15.0. The Morgan fingerprint density at radius 2 is 2.17 bits per heavy atom. The highest BCUT2D eigenvalue weighted by atomic mass is 16.5. The minimum Gasteiger partial charge on any atom is -0.378 e. The maximum atomic E-state index is 12.3. The second-order valence-electron chi connectivity index (χ2n) is 7.46. The normalized spacial score (nSPS) is 22.2. The number of likely N-dealkylation sites (tertiary alicyclic amines) is 1. The number of amides is 2. The molecular formula is C20H30N2O2. The van der Waals surface area contributed by atoms with Crippen LogP contribution in [0.15, 0.2) is 24.3 Å². The van der Waals surface area contributed by atoms with Crippen LogP contribution in [0.25, 0.3) is 0 Å². The molecule has 2 heterocycles. The van der Waals surface area contributed by atoms with Crippen LogP contribution in [0.2, 0.25) is 0 Å². The molecule has 0 unspecified atom stereocenters. The Morgan fingerprint density at radius 1 is 1.38 bits per heavy atom. The molecule has 3 rings (SSSR count). The van der Waals surface area contributed by atoms with Gasteiger partial charge in [-0.1, -0.05) is 24.3 Å². The van der Waals surface area contributed by atoms with Crippen LogP contribution >= 0.6 is 0 Å². The topological polar surface area (TPSA) is 41.6 Å². The highest BCUT2D eigenvalue weighted by Crippen LogP contribution is 2.22. The van der Waals surface area contributed by atoms with Crippen LogP contribution in [0, 0.1) is 12.8 Å². The van der Waals surface area contributed by atoms with Crippen molar-refractivity contribution in [3.63, 3.8) is 0 Å². The Balaban J connectivity index is 1.34. The Morgan fingerprint density at radius 3 is 2.88 bits per heavy atom. The molecule has 2 saturated heterocycles. The summed E-state index contributed by atoms with van der Waals surface area (Å²) in [6, 6.07) is 8.85. The summed E-state index contributed by atoms with van der Waals surface area (Å²) in [5.41, 5.74) is 2.76. The molecule has 0 saturated carbocycles. The fourth-order valence-corrected chi connectivity index (χ4v) is 3.70. The van der Waals surface area contributed by atoms with Crippen molar-refractivity contribution in [3.05, 3.63) is 35.4 Å². The number of ether oxygens (including phenoxy) is 1. The molecule has 0 spiro atoms. The number of nitrogens with zero attached hydrogens (tertiary/aromatic N) is 1. The van der Waals surface area contributed by atoms with Gasteiger partial charge in [0.2, 0.25) is 0 Å². The van der Waals surface area contributed by atoms with Crippen LogP contribution in [0.4, 0.5) is 4.79 Å². The van der Waals surface area contributed by atoms with Gasteiger partial charge in [-0.3, -0.25) is 0 Å². The largest absolute Gasteiger partial charge is 0.378 e. The summed E-state index contributed by atoms with van der Waals surface area (Å²) < 4.78 is 5.65. The van der Waals surface area contributed by atoms with E-state index in [-0.39, 0.29) is 12.1 Å². The van der Waals surface area contributed by atoms with Gasteiger partial charge in [0.25, 0.3) is 0 Å². The second-order valence-corrected chi connectivity index (χ2v) is 7.46. The van der Waals surface area contributed by atoms with Crippen molar-refractivity contribution < 1.29 is 9.53 Å². The number of aryl methyl sites for hydroxylation is 1. The predicted molar refractivity (Wildman–Crippen MR) is 96.1 cm³/mol. The minimum atomic E-state index is 0.0934. The summed E-state index contributed by atoms with van der Waals surface area (Å²) in [6.45, 7) is 6.91. The van der Waals surface area contributed by atoms with Gasteiger partial charge in [-0.15, -0.1) is 0 Å². The number of carbonyl (C=O) groups excluding carboxylic acids is 1. The van der Waals surface area contributed by atoms with Gasteiger partial charge in [0.05, 0.1) is 6.10 Å². The van der Waals surface area contributed by atoms with Crippen molar-refractivity contribution >= 4 is 6.03 Å². The van der Waals surface area contributed by atoms with Crippen LogP contribution in [0.5, 0.6) is 0 Å². The van der Waals surface area contributed by atoms with Gasteiger partial charge in [-0.2, -0.15) is 0 Å². The van der Waals surface area contributed by atoms with E-state index in [0.717, 1.165) is 39.0 Å². The molecule has 0 aromatic heterocycles. The van der Waals surface area contributed by atoms with Crippen molar-refractivity contribution in [2.45, 2.75) is 58.1 Å². The minimum absolute atomic E-state index is 0.0934. The van der Waals surface area contributed by atoms with Crippen LogP contribution < -0.4 is 5.32 Å². The van der Waals surface area contributed by atoms with E-state index in [0.29, 0.717) is 12.0 Å². The first-order valence-corrected chi connectivity index (χ1v) is 9.33. The molecule has 1 N–H and O–H groups in total. The van der Waals surface area contributed by atoms with Gasteiger partial charge in [-0.05, 0) is 63.0 Å². The van der Waals surface area contributed by atoms with Crippen molar-refractivity contribution in [2.75, 3.05) is 19.7 Å². The molecule has 2 amide bonds. The molecule has 2 atom stereocenters. The number of benzene rings is 1. The Kier molecular flexibility index (Phi) is 5.77. The third kappa shape index (κ3) is 4.50. The van der Waals surface area contributed by atoms with Crippen LogP contribution in [-0.4, -0.2) is 42.8 Å². The number of carbonyl (C=O) groups is 1. The first kappa shape index (κ1) is 17.3. The summed E-state index contributed by atoms with van der Waals surface area (Å²) in [5.74, 6) is 0.596. The predicted octanol–water partition coefficient (Wildman–Crippen LogP) is 3.53. The fraction of sp³-hybridized carbons (Fsp3) is 0.650. The maximum absolute atomic E-state index is 12.3. The van der Waals surface area contributed by atoms with E-state index >= 15 is 0 Å². The molecule has 132 valence electrons. The molecule has 24 heavy (non-hydrogen) atoms. The molecule has 1 aromatic carbocycles. The lowest BCUT2D eigenvalue weighted by Crippen LogP contribution is -2.55. The van der Waals surface area contributed by atoms with Crippen molar-refractivity contribution in [1.82, 2.24) is 10.2 Å². The van der Waals surface area contributed by atoms with Gasteiger partial charge in [0, 0.05) is 25.7 Å². The van der Waals surface area contributed by atoms with E-state index in [1.54, 1.807) is 0 Å². The van der Waals surface area contributed by atoms with Crippen molar-refractivity contribution in [2.24, 2.45) is 5.92 Å². The summed E-state index contributed by atoms with van der Waals surface area (Å²) in [4.78, 5) is 14.2. The summed E-state index contributed by atoms with van der Waals surface area (Å²) in [5, 5.41) is 3.13. The lowest BCUT2D eigenvalue weighted by molar-refractivity contribution is 0.0977. The van der Waals surface area contributed by atoms with Crippen molar-refractivity contribution in [1.29, 1.82) is 0 Å². The van der Waals surface area contributed by atoms with Crippen LogP contribution in [0.3, 0.4) is 0 Å². The summed E-state index contributed by atoms with van der Waals surface area (Å²) in [6.07, 6.45) is 5.89. The molecule has 2 aliphatic rings. The SMILES string of the molecule is Cc1ccccc1CC1CN(C(=O)N[C@@H](C)CC[C@H]2CCCO2)C1. The first-order chi connectivity index (χ1) is 11.6. The standard InChI is InChI=1S/C20H30N2O2/c1-15-6-3-4-7-18(15)12-17-13-22(14-17)20(23)21-16(2)9-10-19-8-5-11-24-19/h3-4,6-7,16-17,19H,5,8-14H2,1-2H3,(H,21,23)/t16-,19+/m0/s1. The van der Waals surface area contributed by atoms with Gasteiger partial charge in [-0.25, -0.2) is 4.79 Å². The highest BCUT2D eigenvalue weighted by Gasteiger charge is 2.31. The lowest BCUT2D eigenvalue weighted by atomic mass is 9.90. The van der Waals surface area contributed by atoms with E-state index < -0.39 is 0 Å². The van der Waals surface area contributed by atoms with E-state index in [1.807, 2.05) is 4.90 Å². The molecule has 2 fully saturated rings. The fourth-order valence-electron chi connectivity index (χ4n) is 3.70. The molecule has 2 aliphatic heterocycles. The Labute approximate surface area is 145 Å². The number of hydrogen-bond donors (Lipinski definition) is 1. The first-order valence-electron chi connectivity index (χ1n) is 9.33. The Bertz CT molecular complexity index is 548. The highest BCUT2D eigenvalue weighted by molar-refractivity contribution is 5.75. The summed E-state index contributed by atoms with van der Waals surface area (Å²) in [7, 11) is 0. The molecule has 4 heteroatoms. The zero-order chi connectivity index (χ0) is 16.9. The van der Waals surface area contributed by atoms with Gasteiger partial charge in [0.1, 0.15) is 0 Å². The van der Waals surface area contributed by atoms with Crippen LogP contribution in [0.1, 0.15) is 43.7 Å². The maximum Gasteiger partial charge on any atom is 0.317 e. The third-order valence-electron chi connectivity index (χ3n) is 5.33.